The molecule has 0 aliphatic carbocycles. The van der Waals surface area contributed by atoms with Crippen LogP contribution in [0.25, 0.3) is 10.9 Å². The standard InChI is InChI=1S/C23H21ClN4O3/c24-15-4-5-16-18(6-7-25-19(16)14-15)26-8-9-28-22(29)17-2-1-3-20(21(17)23(28)30)27-10-12-31-13-11-27/h1-7,14H,8-13H2,(H,25,26). The fourth-order valence-corrected chi connectivity index (χ4v) is 4.33. The van der Waals surface area contributed by atoms with Crippen molar-refractivity contribution < 1.29 is 14.3 Å². The van der Waals surface area contributed by atoms with Gasteiger partial charge < -0.3 is 15.0 Å². The number of hydrogen-bond donors (Lipinski definition) is 1. The van der Waals surface area contributed by atoms with Crippen LogP contribution in [0, 0.1) is 0 Å². The molecule has 2 amide bonds. The maximum absolute atomic E-state index is 13.2. The molecule has 0 atom stereocenters. The van der Waals surface area contributed by atoms with Gasteiger partial charge in [-0.05, 0) is 36.4 Å². The summed E-state index contributed by atoms with van der Waals surface area (Å²) in [7, 11) is 0. The summed E-state index contributed by atoms with van der Waals surface area (Å²) in [6.45, 7) is 3.35. The van der Waals surface area contributed by atoms with Crippen LogP contribution in [0.1, 0.15) is 20.7 Å². The first kappa shape index (κ1) is 19.8. The number of anilines is 2. The summed E-state index contributed by atoms with van der Waals surface area (Å²) < 4.78 is 5.42. The van der Waals surface area contributed by atoms with Crippen molar-refractivity contribution in [2.45, 2.75) is 0 Å². The number of nitrogens with one attached hydrogen (secondary N) is 1. The molecule has 0 bridgehead atoms. The number of nitrogens with zero attached hydrogens (tertiary/aromatic N) is 3. The van der Waals surface area contributed by atoms with E-state index in [4.69, 9.17) is 16.3 Å². The zero-order chi connectivity index (χ0) is 21.4. The molecule has 1 aromatic heterocycles. The molecule has 1 N–H and O–H groups in total. The van der Waals surface area contributed by atoms with Crippen molar-refractivity contribution in [1.82, 2.24) is 9.88 Å². The Morgan fingerprint density at radius 1 is 1.06 bits per heavy atom. The smallest absolute Gasteiger partial charge is 0.263 e. The number of morpholine rings is 1. The van der Waals surface area contributed by atoms with E-state index in [1.807, 2.05) is 30.3 Å². The molecule has 2 aliphatic rings. The number of amides is 2. The highest BCUT2D eigenvalue weighted by molar-refractivity contribution is 6.31. The largest absolute Gasteiger partial charge is 0.383 e. The van der Waals surface area contributed by atoms with Gasteiger partial charge in [0.1, 0.15) is 0 Å². The highest BCUT2D eigenvalue weighted by Gasteiger charge is 2.38. The minimum Gasteiger partial charge on any atom is -0.383 e. The third kappa shape index (κ3) is 3.60. The van der Waals surface area contributed by atoms with Crippen LogP contribution >= 0.6 is 11.6 Å². The fourth-order valence-electron chi connectivity index (χ4n) is 4.16. The van der Waals surface area contributed by atoms with Crippen LogP contribution in [-0.2, 0) is 4.74 Å². The Morgan fingerprint density at radius 2 is 1.90 bits per heavy atom. The second-order valence-electron chi connectivity index (χ2n) is 7.51. The number of hydrogen-bond acceptors (Lipinski definition) is 6. The van der Waals surface area contributed by atoms with Gasteiger partial charge in [-0.1, -0.05) is 17.7 Å². The number of ether oxygens (including phenoxy) is 1. The van der Waals surface area contributed by atoms with E-state index in [-0.39, 0.29) is 18.4 Å². The zero-order valence-electron chi connectivity index (χ0n) is 16.8. The fraction of sp³-hybridized carbons (Fsp3) is 0.261. The molecule has 3 heterocycles. The number of carbonyl (C=O) groups is 2. The number of fused-ring (bicyclic) bond motifs is 2. The molecule has 3 aromatic rings. The van der Waals surface area contributed by atoms with Gasteiger partial charge in [-0.3, -0.25) is 19.5 Å². The number of rotatable bonds is 5. The Morgan fingerprint density at radius 3 is 2.74 bits per heavy atom. The van der Waals surface area contributed by atoms with Gasteiger partial charge in [0.2, 0.25) is 0 Å². The molecule has 2 aromatic carbocycles. The summed E-state index contributed by atoms with van der Waals surface area (Å²) in [5.41, 5.74) is 3.45. The van der Waals surface area contributed by atoms with E-state index in [0.29, 0.717) is 49.0 Å². The summed E-state index contributed by atoms with van der Waals surface area (Å²) in [5.74, 6) is -0.487. The molecular weight excluding hydrogens is 416 g/mol. The van der Waals surface area contributed by atoms with Crippen LogP contribution in [0.4, 0.5) is 11.4 Å². The lowest BCUT2D eigenvalue weighted by molar-refractivity contribution is 0.0660. The molecule has 1 fully saturated rings. The molecule has 0 saturated carbocycles. The minimum absolute atomic E-state index is 0.240. The lowest BCUT2D eigenvalue weighted by Gasteiger charge is -2.30. The van der Waals surface area contributed by atoms with Crippen molar-refractivity contribution in [3.63, 3.8) is 0 Å². The van der Waals surface area contributed by atoms with Gasteiger partial charge in [-0.2, -0.15) is 0 Å². The summed E-state index contributed by atoms with van der Waals surface area (Å²) in [6, 6.07) is 12.9. The zero-order valence-corrected chi connectivity index (χ0v) is 17.6. The SMILES string of the molecule is O=C1c2cccc(N3CCOCC3)c2C(=O)N1CCNc1ccnc2cc(Cl)ccc12. The molecule has 8 heteroatoms. The number of carbonyl (C=O) groups excluding carboxylic acids is 2. The Hall–Kier alpha value is -3.16. The van der Waals surface area contributed by atoms with E-state index >= 15 is 0 Å². The number of imide groups is 1. The second kappa shape index (κ2) is 8.17. The monoisotopic (exact) mass is 436 g/mol. The first-order chi connectivity index (χ1) is 15.1. The number of halogens is 1. The molecule has 0 spiro atoms. The molecule has 5 rings (SSSR count). The van der Waals surface area contributed by atoms with Crippen LogP contribution < -0.4 is 10.2 Å². The quantitative estimate of drug-likeness (QED) is 0.617. The average Bonchev–Trinajstić information content (AvgIpc) is 3.04. The van der Waals surface area contributed by atoms with Crippen molar-refractivity contribution >= 4 is 45.7 Å². The van der Waals surface area contributed by atoms with E-state index in [9.17, 15) is 9.59 Å². The van der Waals surface area contributed by atoms with Crippen molar-refractivity contribution in [1.29, 1.82) is 0 Å². The summed E-state index contributed by atoms with van der Waals surface area (Å²) in [6.07, 6.45) is 1.71. The van der Waals surface area contributed by atoms with Gasteiger partial charge in [-0.15, -0.1) is 0 Å². The highest BCUT2D eigenvalue weighted by Crippen LogP contribution is 2.32. The van der Waals surface area contributed by atoms with Crippen molar-refractivity contribution in [2.75, 3.05) is 49.6 Å². The first-order valence-electron chi connectivity index (χ1n) is 10.2. The Bertz CT molecular complexity index is 1180. The van der Waals surface area contributed by atoms with Crippen LogP contribution in [0.15, 0.2) is 48.7 Å². The van der Waals surface area contributed by atoms with Crippen molar-refractivity contribution in [2.24, 2.45) is 0 Å². The van der Waals surface area contributed by atoms with Gasteiger partial charge in [0.05, 0.1) is 35.5 Å². The van der Waals surface area contributed by atoms with Crippen LogP contribution in [0.5, 0.6) is 0 Å². The Kier molecular flexibility index (Phi) is 5.21. The molecule has 158 valence electrons. The number of benzene rings is 2. The number of aromatic nitrogens is 1. The predicted molar refractivity (Wildman–Crippen MR) is 120 cm³/mol. The molecule has 0 unspecified atom stereocenters. The Balaban J connectivity index is 1.33. The molecular formula is C23H21ClN4O3. The summed E-state index contributed by atoms with van der Waals surface area (Å²) >= 11 is 6.05. The maximum atomic E-state index is 13.2. The summed E-state index contributed by atoms with van der Waals surface area (Å²) in [5, 5.41) is 4.88. The van der Waals surface area contributed by atoms with E-state index in [0.717, 1.165) is 22.3 Å². The molecule has 7 nitrogen and oxygen atoms in total. The maximum Gasteiger partial charge on any atom is 0.263 e. The third-order valence-corrected chi connectivity index (χ3v) is 5.92. The minimum atomic E-state index is -0.247. The Labute approximate surface area is 184 Å². The van der Waals surface area contributed by atoms with E-state index in [1.165, 1.54) is 4.90 Å². The van der Waals surface area contributed by atoms with Gasteiger partial charge in [0.25, 0.3) is 11.8 Å². The van der Waals surface area contributed by atoms with Gasteiger partial charge in [0.15, 0.2) is 0 Å². The van der Waals surface area contributed by atoms with Crippen LogP contribution in [0.3, 0.4) is 0 Å². The topological polar surface area (TPSA) is 74.8 Å². The van der Waals surface area contributed by atoms with E-state index in [1.54, 1.807) is 18.3 Å². The first-order valence-corrected chi connectivity index (χ1v) is 10.6. The van der Waals surface area contributed by atoms with Crippen LogP contribution in [-0.4, -0.2) is 61.1 Å². The molecule has 31 heavy (non-hydrogen) atoms. The lowest BCUT2D eigenvalue weighted by atomic mass is 10.1. The van der Waals surface area contributed by atoms with E-state index < -0.39 is 0 Å². The lowest BCUT2D eigenvalue weighted by Crippen LogP contribution is -2.38. The summed E-state index contributed by atoms with van der Waals surface area (Å²) in [4.78, 5) is 33.9. The second-order valence-corrected chi connectivity index (χ2v) is 7.94. The van der Waals surface area contributed by atoms with Crippen molar-refractivity contribution in [3.8, 4) is 0 Å². The molecule has 0 radical (unpaired) electrons. The average molecular weight is 437 g/mol. The van der Waals surface area contributed by atoms with Crippen molar-refractivity contribution in [3.05, 3.63) is 64.8 Å². The van der Waals surface area contributed by atoms with Gasteiger partial charge in [0, 0.05) is 48.5 Å². The third-order valence-electron chi connectivity index (χ3n) is 5.68. The van der Waals surface area contributed by atoms with Gasteiger partial charge in [-0.25, -0.2) is 0 Å². The van der Waals surface area contributed by atoms with Crippen LogP contribution in [0.2, 0.25) is 5.02 Å². The molecule has 1 saturated heterocycles. The highest BCUT2D eigenvalue weighted by atomic mass is 35.5. The normalized spacial score (nSPS) is 16.2. The van der Waals surface area contributed by atoms with Gasteiger partial charge >= 0.3 is 0 Å². The van der Waals surface area contributed by atoms with E-state index in [2.05, 4.69) is 15.2 Å². The predicted octanol–water partition coefficient (Wildman–Crippen LogP) is 3.43. The molecule has 2 aliphatic heterocycles. The number of pyridine rings is 1.